The summed E-state index contributed by atoms with van der Waals surface area (Å²) in [5.41, 5.74) is -6.82. The summed E-state index contributed by atoms with van der Waals surface area (Å²) in [6.07, 6.45) is -51.1. The van der Waals surface area contributed by atoms with E-state index in [1.165, 1.54) is 13.8 Å². The van der Waals surface area contributed by atoms with Crippen molar-refractivity contribution in [1.29, 1.82) is 0 Å². The van der Waals surface area contributed by atoms with Crippen LogP contribution in [0.4, 0.5) is 0 Å². The summed E-state index contributed by atoms with van der Waals surface area (Å²) in [5.74, 6) is -2.87. The Morgan fingerprint density at radius 3 is 1.72 bits per heavy atom. The number of hydrogen-bond acceptors (Lipinski definition) is 35. The van der Waals surface area contributed by atoms with Crippen LogP contribution in [0.25, 0.3) is 0 Å². The first-order chi connectivity index (χ1) is 48.7. The third-order valence-corrected chi connectivity index (χ3v) is 26.6. The summed E-state index contributed by atoms with van der Waals surface area (Å²) in [7, 11) is 0. The van der Waals surface area contributed by atoms with Crippen LogP contribution in [0.5, 0.6) is 0 Å². The monoisotopic (exact) mass is 1500 g/mol. The number of carbonyl (C=O) groups excluding carboxylic acids is 1. The Morgan fingerprint density at radius 2 is 1.07 bits per heavy atom. The van der Waals surface area contributed by atoms with Crippen LogP contribution < -0.4 is 0 Å². The van der Waals surface area contributed by atoms with Crippen LogP contribution in [-0.2, 0) is 71.1 Å². The van der Waals surface area contributed by atoms with Crippen molar-refractivity contribution in [3.05, 3.63) is 11.6 Å². The van der Waals surface area contributed by atoms with E-state index in [4.69, 9.17) is 66.3 Å². The van der Waals surface area contributed by atoms with Crippen LogP contribution in [0.3, 0.4) is 0 Å². The standard InChI is InChI=1S/C69H112O35/c1-25-37(78)41(82)44(85)57(95-25)100-49-34(98-55-43(84)38(79)31(75)19-91-55)21-93-56(46(49)87)99-48-26(2)96-58(45(86)42(48)83)102-51-39(80)32(76)20-92-60(51)104-62(90)69-13-12-63(3,4)14-28(69)27-10-11-35-65(6)15-30(74)54(66(7,23-72)52(65)29(73)16-68(35,9)67(27,8)17-36(69)77)103-59-47(88)50(40(81)33(18-70)97-59)101-61-53(89)64(5,22-71)24-94-61/h10,25-26,28-61,70-89H,11-24H2,1-9H3/t25-,26-,28-,29+,30-,31+,32+,33+,34+,35+,36+,37-,38-,39-,40+,41+,42-,43+,44+,45+,46+,47+,48-,49-,50-,51+,52+,53-,54-,55-,56-,57-,58-,59-,60-,61-,64-,65+,66-,67+,68+,69+/m0/s1. The Hall–Kier alpha value is -2.11. The molecule has 0 radical (unpaired) electrons. The zero-order valence-corrected chi connectivity index (χ0v) is 59.8. The van der Waals surface area contributed by atoms with Gasteiger partial charge in [-0.05, 0) is 92.3 Å². The van der Waals surface area contributed by atoms with Gasteiger partial charge in [0.25, 0.3) is 0 Å². The highest BCUT2D eigenvalue weighted by Gasteiger charge is 2.75. The normalized spacial score (nSPS) is 56.2. The molecule has 42 atom stereocenters. The fourth-order valence-electron chi connectivity index (χ4n) is 20.3. The van der Waals surface area contributed by atoms with E-state index in [1.807, 2.05) is 20.8 Å². The Bertz CT molecular complexity index is 2990. The van der Waals surface area contributed by atoms with Gasteiger partial charge in [0.2, 0.25) is 6.29 Å². The summed E-state index contributed by atoms with van der Waals surface area (Å²) in [6.45, 7) is 12.4. The lowest BCUT2D eigenvalue weighted by Gasteiger charge is -2.73. The number of carbonyl (C=O) groups is 1. The van der Waals surface area contributed by atoms with Gasteiger partial charge in [-0.2, -0.15) is 0 Å². The van der Waals surface area contributed by atoms with Crippen molar-refractivity contribution in [2.24, 2.45) is 55.7 Å². The molecule has 7 heterocycles. The number of aliphatic hydroxyl groups excluding tert-OH is 20. The number of aliphatic hydroxyl groups is 20. The summed E-state index contributed by atoms with van der Waals surface area (Å²) in [4.78, 5) is 15.7. The molecule has 0 bridgehead atoms. The molecular formula is C69H112O35. The van der Waals surface area contributed by atoms with E-state index < -0.39 is 298 Å². The molecule has 0 spiro atoms. The maximum Gasteiger partial charge on any atom is 0.317 e. The predicted octanol–water partition coefficient (Wildman–Crippen LogP) is -6.79. The fraction of sp³-hybridized carbons (Fsp3) is 0.957. The third-order valence-electron chi connectivity index (χ3n) is 26.6. The van der Waals surface area contributed by atoms with Gasteiger partial charge in [-0.1, -0.05) is 60.1 Å². The zero-order chi connectivity index (χ0) is 75.9. The van der Waals surface area contributed by atoms with E-state index in [2.05, 4.69) is 19.9 Å². The Balaban J connectivity index is 0.752. The van der Waals surface area contributed by atoms with Crippen LogP contribution in [-0.4, -0.2) is 357 Å². The Kier molecular flexibility index (Phi) is 23.6. The van der Waals surface area contributed by atoms with Crippen molar-refractivity contribution in [3.63, 3.8) is 0 Å². The van der Waals surface area contributed by atoms with Gasteiger partial charge in [0.15, 0.2) is 43.8 Å². The molecule has 7 aliphatic heterocycles. The second kappa shape index (κ2) is 30.1. The van der Waals surface area contributed by atoms with Gasteiger partial charge in [0.05, 0.1) is 82.9 Å². The molecule has 104 heavy (non-hydrogen) atoms. The van der Waals surface area contributed by atoms with Gasteiger partial charge < -0.3 is 168 Å². The Morgan fingerprint density at radius 1 is 0.490 bits per heavy atom. The zero-order valence-electron chi connectivity index (χ0n) is 59.8. The first kappa shape index (κ1) is 81.4. The smallest absolute Gasteiger partial charge is 0.317 e. The molecule has 4 saturated carbocycles. The lowest BCUT2D eigenvalue weighted by molar-refractivity contribution is -0.386. The summed E-state index contributed by atoms with van der Waals surface area (Å²) < 4.78 is 83.4. The van der Waals surface area contributed by atoms with Crippen molar-refractivity contribution in [3.8, 4) is 0 Å². The van der Waals surface area contributed by atoms with Crippen LogP contribution in [0.2, 0.25) is 0 Å². The van der Waals surface area contributed by atoms with E-state index in [-0.39, 0.29) is 38.2 Å². The quantitative estimate of drug-likeness (QED) is 0.0366. The average molecular weight is 1500 g/mol. The van der Waals surface area contributed by atoms with E-state index in [0.29, 0.717) is 19.3 Å². The summed E-state index contributed by atoms with van der Waals surface area (Å²) in [6, 6.07) is 0. The molecule has 35 nitrogen and oxygen atoms in total. The lowest BCUT2D eigenvalue weighted by Crippen LogP contribution is -2.73. The van der Waals surface area contributed by atoms with Gasteiger partial charge in [-0.3, -0.25) is 4.79 Å². The van der Waals surface area contributed by atoms with Gasteiger partial charge in [-0.25, -0.2) is 0 Å². The molecule has 0 amide bonds. The number of esters is 1. The molecule has 0 unspecified atom stereocenters. The van der Waals surface area contributed by atoms with E-state index in [0.717, 1.165) is 5.57 Å². The molecule has 7 saturated heterocycles. The van der Waals surface area contributed by atoms with Gasteiger partial charge in [0.1, 0.15) is 121 Å². The molecule has 12 rings (SSSR count). The maximum atomic E-state index is 15.7. The molecular weight excluding hydrogens is 1390 g/mol. The highest BCUT2D eigenvalue weighted by Crippen LogP contribution is 2.76. The van der Waals surface area contributed by atoms with Gasteiger partial charge >= 0.3 is 5.97 Å². The molecule has 5 aliphatic carbocycles. The predicted molar refractivity (Wildman–Crippen MR) is 343 cm³/mol. The minimum absolute atomic E-state index is 0.0227. The molecule has 20 N–H and O–H groups in total. The van der Waals surface area contributed by atoms with Crippen molar-refractivity contribution >= 4 is 5.97 Å². The molecule has 598 valence electrons. The van der Waals surface area contributed by atoms with E-state index in [9.17, 15) is 102 Å². The minimum atomic E-state index is -2.09. The van der Waals surface area contributed by atoms with Crippen molar-refractivity contribution in [2.75, 3.05) is 46.2 Å². The molecule has 12 aliphatic rings. The molecule has 0 aromatic rings. The third kappa shape index (κ3) is 13.6. The molecule has 0 aromatic heterocycles. The SMILES string of the molecule is C[C@@H]1O[C@@H](O[C@@H]2[C@@H](O)[C@H](O[C@@H]3[C@@H](O)[C@@H](O)[C@H](O[C@H]4[C@H](OC(=O)[C@]56CCC(C)(C)C[C@H]5C5=CC[C@@H]7[C@@]8(C)C[C@H](O)[C@H](O[C@@H]9O[C@H](CO)[C@@H](O)[C@H](O[C@@H]%10OC[C@](C)(CO)[C@H]%10O)[C@H]9O)[C@@](C)(CO)[C@@H]8[C@H](O)C[C@@]7(C)[C@]5(C)C[C@H]6O)OC[C@@H](O)[C@@H]4O)O[C@H]3C)OC[C@H]2O[C@@H]2OC[C@@H](O)[C@H](O)[C@H]2O)[C@H](O)[C@H](O)[C@H]1O. The molecule has 0 aromatic carbocycles. The lowest BCUT2D eigenvalue weighted by atomic mass is 9.32. The van der Waals surface area contributed by atoms with E-state index in [1.54, 1.807) is 13.8 Å². The van der Waals surface area contributed by atoms with Crippen LogP contribution >= 0.6 is 0 Å². The summed E-state index contributed by atoms with van der Waals surface area (Å²) in [5, 5.41) is 226. The van der Waals surface area contributed by atoms with Gasteiger partial charge in [-0.15, -0.1) is 0 Å². The largest absolute Gasteiger partial charge is 0.432 e. The number of allylic oxidation sites excluding steroid dienone is 2. The summed E-state index contributed by atoms with van der Waals surface area (Å²) >= 11 is 0. The molecule has 35 heteroatoms. The van der Waals surface area contributed by atoms with Crippen molar-refractivity contribution in [2.45, 2.75) is 310 Å². The first-order valence-electron chi connectivity index (χ1n) is 36.4. The fourth-order valence-corrected chi connectivity index (χ4v) is 20.3. The number of hydrogen-bond donors (Lipinski definition) is 20. The highest BCUT2D eigenvalue weighted by molar-refractivity contribution is 5.80. The van der Waals surface area contributed by atoms with Crippen molar-refractivity contribution in [1.82, 2.24) is 0 Å². The average Bonchev–Trinajstić information content (AvgIpc) is 0.732. The van der Waals surface area contributed by atoms with Crippen LogP contribution in [0, 0.1) is 55.7 Å². The van der Waals surface area contributed by atoms with Crippen molar-refractivity contribution < 1.29 is 173 Å². The first-order valence-corrected chi connectivity index (χ1v) is 36.4. The number of rotatable bonds is 17. The number of ether oxygens (including phenoxy) is 14. The van der Waals surface area contributed by atoms with Gasteiger partial charge in [0, 0.05) is 16.7 Å². The van der Waals surface area contributed by atoms with Crippen LogP contribution in [0.15, 0.2) is 11.6 Å². The minimum Gasteiger partial charge on any atom is -0.432 e. The second-order valence-electron chi connectivity index (χ2n) is 33.8. The van der Waals surface area contributed by atoms with E-state index >= 15 is 4.79 Å². The second-order valence-corrected chi connectivity index (χ2v) is 33.8. The highest BCUT2D eigenvalue weighted by atomic mass is 16.8. The maximum absolute atomic E-state index is 15.7. The Labute approximate surface area is 600 Å². The van der Waals surface area contributed by atoms with Crippen LogP contribution in [0.1, 0.15) is 107 Å². The molecule has 11 fully saturated rings. The topological polar surface area (TPSA) is 551 Å². The number of fused-ring (bicyclic) bond motifs is 7.